The second kappa shape index (κ2) is 7.27. The average Bonchev–Trinajstić information content (AvgIpc) is 3.17. The van der Waals surface area contributed by atoms with Crippen molar-refractivity contribution in [1.29, 1.82) is 0 Å². The monoisotopic (exact) mass is 365 g/mol. The molecule has 27 heavy (non-hydrogen) atoms. The van der Waals surface area contributed by atoms with E-state index >= 15 is 0 Å². The Labute approximate surface area is 160 Å². The van der Waals surface area contributed by atoms with Crippen LogP contribution in [0.5, 0.6) is 0 Å². The van der Waals surface area contributed by atoms with Gasteiger partial charge in [0.05, 0.1) is 0 Å². The first-order valence-corrected chi connectivity index (χ1v) is 9.61. The first kappa shape index (κ1) is 17.9. The van der Waals surface area contributed by atoms with Gasteiger partial charge in [0, 0.05) is 81.3 Å². The Morgan fingerprint density at radius 2 is 1.96 bits per heavy atom. The molecule has 0 aliphatic carbocycles. The zero-order valence-electron chi connectivity index (χ0n) is 16.4. The standard InChI is InChI=1S/C21H27N5O/c1-24(2)18-6-4-15(5-7-18)21(27)26-11-8-16(14-26)20-22-12-17-13-25(3)10-9-19(17)23-20/h4-7,12,16H,8-11,13-14H2,1-3H3/t16-/m1/s1. The average molecular weight is 365 g/mol. The first-order chi connectivity index (χ1) is 13.0. The Morgan fingerprint density at radius 1 is 1.19 bits per heavy atom. The SMILES string of the molecule is CN1CCc2nc([C@@H]3CCN(C(=O)c4ccc(N(C)C)cc4)C3)ncc2C1. The summed E-state index contributed by atoms with van der Waals surface area (Å²) in [7, 11) is 6.12. The van der Waals surface area contributed by atoms with Crippen LogP contribution < -0.4 is 4.90 Å². The van der Waals surface area contributed by atoms with E-state index in [0.29, 0.717) is 6.54 Å². The van der Waals surface area contributed by atoms with Gasteiger partial charge < -0.3 is 14.7 Å². The topological polar surface area (TPSA) is 52.6 Å². The van der Waals surface area contributed by atoms with Crippen LogP contribution in [-0.4, -0.2) is 66.5 Å². The maximum absolute atomic E-state index is 12.8. The number of nitrogens with zero attached hydrogens (tertiary/aromatic N) is 5. The summed E-state index contributed by atoms with van der Waals surface area (Å²) in [4.78, 5) is 28.6. The molecule has 2 aliphatic rings. The summed E-state index contributed by atoms with van der Waals surface area (Å²) in [6.45, 7) is 3.44. The third-order valence-electron chi connectivity index (χ3n) is 5.61. The fraction of sp³-hybridized carbons (Fsp3) is 0.476. The maximum Gasteiger partial charge on any atom is 0.253 e. The molecule has 0 unspecified atom stereocenters. The van der Waals surface area contributed by atoms with Gasteiger partial charge in [-0.1, -0.05) is 0 Å². The van der Waals surface area contributed by atoms with Crippen LogP contribution in [0.2, 0.25) is 0 Å². The van der Waals surface area contributed by atoms with Gasteiger partial charge in [0.2, 0.25) is 0 Å². The molecule has 1 fully saturated rings. The third-order valence-corrected chi connectivity index (χ3v) is 5.61. The number of hydrogen-bond donors (Lipinski definition) is 0. The Morgan fingerprint density at radius 3 is 2.70 bits per heavy atom. The number of rotatable bonds is 3. The van der Waals surface area contributed by atoms with Crippen molar-refractivity contribution in [3.63, 3.8) is 0 Å². The lowest BCUT2D eigenvalue weighted by Crippen LogP contribution is -2.29. The van der Waals surface area contributed by atoms with E-state index < -0.39 is 0 Å². The van der Waals surface area contributed by atoms with E-state index in [1.165, 1.54) is 11.3 Å². The number of carbonyl (C=O) groups is 1. The molecule has 0 radical (unpaired) electrons. The molecule has 0 saturated carbocycles. The van der Waals surface area contributed by atoms with Gasteiger partial charge in [-0.15, -0.1) is 0 Å². The predicted molar refractivity (Wildman–Crippen MR) is 106 cm³/mol. The number of amides is 1. The molecule has 6 nitrogen and oxygen atoms in total. The van der Waals surface area contributed by atoms with Crippen LogP contribution in [0.3, 0.4) is 0 Å². The summed E-state index contributed by atoms with van der Waals surface area (Å²) in [6.07, 6.45) is 3.90. The van der Waals surface area contributed by atoms with Crippen LogP contribution in [0.15, 0.2) is 30.5 Å². The minimum Gasteiger partial charge on any atom is -0.378 e. The molecule has 2 aromatic rings. The van der Waals surface area contributed by atoms with E-state index in [1.807, 2.05) is 54.4 Å². The number of benzene rings is 1. The highest BCUT2D eigenvalue weighted by molar-refractivity contribution is 5.94. The zero-order chi connectivity index (χ0) is 19.0. The summed E-state index contributed by atoms with van der Waals surface area (Å²) >= 11 is 0. The van der Waals surface area contributed by atoms with Crippen molar-refractivity contribution < 1.29 is 4.79 Å². The van der Waals surface area contributed by atoms with Crippen LogP contribution in [0.25, 0.3) is 0 Å². The lowest BCUT2D eigenvalue weighted by Gasteiger charge is -2.24. The van der Waals surface area contributed by atoms with Crippen molar-refractivity contribution in [2.75, 3.05) is 45.7 Å². The van der Waals surface area contributed by atoms with Gasteiger partial charge in [-0.3, -0.25) is 4.79 Å². The minimum atomic E-state index is 0.0994. The molecule has 1 saturated heterocycles. The van der Waals surface area contributed by atoms with Crippen molar-refractivity contribution in [2.45, 2.75) is 25.3 Å². The van der Waals surface area contributed by atoms with Gasteiger partial charge in [-0.2, -0.15) is 0 Å². The second-order valence-corrected chi connectivity index (χ2v) is 7.87. The predicted octanol–water partition coefficient (Wildman–Crippen LogP) is 2.16. The minimum absolute atomic E-state index is 0.0994. The molecule has 1 atom stereocenters. The molecule has 2 aliphatic heterocycles. The third kappa shape index (κ3) is 3.67. The molecular weight excluding hydrogens is 338 g/mol. The molecule has 1 amide bonds. The van der Waals surface area contributed by atoms with Gasteiger partial charge in [-0.25, -0.2) is 9.97 Å². The summed E-state index contributed by atoms with van der Waals surface area (Å²) < 4.78 is 0. The number of anilines is 1. The van der Waals surface area contributed by atoms with Gasteiger partial charge in [0.25, 0.3) is 5.91 Å². The summed E-state index contributed by atoms with van der Waals surface area (Å²) in [5, 5.41) is 0. The van der Waals surface area contributed by atoms with Crippen molar-refractivity contribution in [1.82, 2.24) is 19.8 Å². The Balaban J connectivity index is 1.44. The number of likely N-dealkylation sites (tertiary alicyclic amines) is 1. The number of carbonyl (C=O) groups excluding carboxylic acids is 1. The van der Waals surface area contributed by atoms with Gasteiger partial charge >= 0.3 is 0 Å². The number of hydrogen-bond acceptors (Lipinski definition) is 5. The summed E-state index contributed by atoms with van der Waals surface area (Å²) in [5.74, 6) is 1.24. The molecule has 6 heteroatoms. The van der Waals surface area contributed by atoms with E-state index in [1.54, 1.807) is 0 Å². The maximum atomic E-state index is 12.8. The van der Waals surface area contributed by atoms with E-state index in [0.717, 1.165) is 49.6 Å². The fourth-order valence-corrected chi connectivity index (χ4v) is 3.91. The summed E-state index contributed by atoms with van der Waals surface area (Å²) in [5.41, 5.74) is 4.26. The van der Waals surface area contributed by atoms with Crippen LogP contribution in [0.4, 0.5) is 5.69 Å². The molecule has 4 rings (SSSR count). The van der Waals surface area contributed by atoms with Crippen LogP contribution >= 0.6 is 0 Å². The molecule has 142 valence electrons. The number of fused-ring (bicyclic) bond motifs is 1. The van der Waals surface area contributed by atoms with Crippen molar-refractivity contribution in [3.05, 3.63) is 53.1 Å². The van der Waals surface area contributed by atoms with Gasteiger partial charge in [0.15, 0.2) is 0 Å². The molecular formula is C21H27N5O. The van der Waals surface area contributed by atoms with Crippen molar-refractivity contribution in [2.24, 2.45) is 0 Å². The molecule has 0 spiro atoms. The zero-order valence-corrected chi connectivity index (χ0v) is 16.4. The highest BCUT2D eigenvalue weighted by Crippen LogP contribution is 2.27. The van der Waals surface area contributed by atoms with Gasteiger partial charge in [-0.05, 0) is 37.7 Å². The highest BCUT2D eigenvalue weighted by Gasteiger charge is 2.30. The lowest BCUT2D eigenvalue weighted by molar-refractivity contribution is 0.0790. The Hall–Kier alpha value is -2.47. The quantitative estimate of drug-likeness (QED) is 0.834. The van der Waals surface area contributed by atoms with E-state index in [2.05, 4.69) is 16.9 Å². The van der Waals surface area contributed by atoms with E-state index in [9.17, 15) is 4.79 Å². The van der Waals surface area contributed by atoms with Gasteiger partial charge in [0.1, 0.15) is 5.82 Å². The Kier molecular flexibility index (Phi) is 4.83. The lowest BCUT2D eigenvalue weighted by atomic mass is 10.1. The number of aromatic nitrogens is 2. The Bertz CT molecular complexity index is 833. The van der Waals surface area contributed by atoms with Crippen molar-refractivity contribution in [3.8, 4) is 0 Å². The molecule has 1 aromatic heterocycles. The number of likely N-dealkylation sites (N-methyl/N-ethyl adjacent to an activating group) is 1. The second-order valence-electron chi connectivity index (χ2n) is 7.87. The van der Waals surface area contributed by atoms with E-state index in [4.69, 9.17) is 4.98 Å². The van der Waals surface area contributed by atoms with Crippen LogP contribution in [0.1, 0.15) is 39.8 Å². The van der Waals surface area contributed by atoms with Crippen molar-refractivity contribution >= 4 is 11.6 Å². The molecule has 0 bridgehead atoms. The first-order valence-electron chi connectivity index (χ1n) is 9.61. The largest absolute Gasteiger partial charge is 0.378 e. The molecule has 3 heterocycles. The smallest absolute Gasteiger partial charge is 0.253 e. The van der Waals surface area contributed by atoms with E-state index in [-0.39, 0.29) is 11.8 Å². The van der Waals surface area contributed by atoms with Crippen LogP contribution in [-0.2, 0) is 13.0 Å². The summed E-state index contributed by atoms with van der Waals surface area (Å²) in [6, 6.07) is 7.81. The normalized spacial score (nSPS) is 19.8. The van der Waals surface area contributed by atoms with Crippen LogP contribution in [0, 0.1) is 0 Å². The molecule has 1 aromatic carbocycles. The highest BCUT2D eigenvalue weighted by atomic mass is 16.2. The molecule has 0 N–H and O–H groups in total. The fourth-order valence-electron chi connectivity index (χ4n) is 3.91.